The van der Waals surface area contributed by atoms with Gasteiger partial charge in [-0.3, -0.25) is 4.79 Å². The molecular weight excluding hydrogens is 312 g/mol. The summed E-state index contributed by atoms with van der Waals surface area (Å²) in [6.45, 7) is 5.70. The van der Waals surface area contributed by atoms with E-state index in [1.165, 1.54) is 25.7 Å². The summed E-state index contributed by atoms with van der Waals surface area (Å²) in [5.41, 5.74) is 1.43. The predicted molar refractivity (Wildman–Crippen MR) is 93.2 cm³/mol. The molecule has 3 rings (SSSR count). The first-order valence-electron chi connectivity index (χ1n) is 8.35. The van der Waals surface area contributed by atoms with Crippen molar-refractivity contribution in [2.45, 2.75) is 32.6 Å². The molecule has 1 aliphatic rings. The number of nitrogens with zero attached hydrogens (tertiary/aromatic N) is 1. The monoisotopic (exact) mass is 334 g/mol. The second-order valence-corrected chi connectivity index (χ2v) is 6.59. The van der Waals surface area contributed by atoms with Gasteiger partial charge in [0.15, 0.2) is 11.3 Å². The van der Waals surface area contributed by atoms with Gasteiger partial charge in [0.1, 0.15) is 0 Å². The number of aryl methyl sites for hydroxylation is 1. The summed E-state index contributed by atoms with van der Waals surface area (Å²) in [5.74, 6) is 0.202. The van der Waals surface area contributed by atoms with E-state index in [4.69, 9.17) is 16.0 Å². The normalized spacial score (nSPS) is 16.4. The van der Waals surface area contributed by atoms with Gasteiger partial charge in [0.05, 0.1) is 5.02 Å². The molecule has 4 nitrogen and oxygen atoms in total. The van der Waals surface area contributed by atoms with Crippen molar-refractivity contribution in [3.63, 3.8) is 0 Å². The van der Waals surface area contributed by atoms with Gasteiger partial charge in [-0.1, -0.05) is 36.6 Å². The molecule has 23 heavy (non-hydrogen) atoms. The second kappa shape index (κ2) is 7.37. The van der Waals surface area contributed by atoms with Crippen LogP contribution in [0.2, 0.25) is 5.02 Å². The minimum absolute atomic E-state index is 0.162. The van der Waals surface area contributed by atoms with E-state index in [2.05, 4.69) is 10.2 Å². The first kappa shape index (κ1) is 16.3. The van der Waals surface area contributed by atoms with Gasteiger partial charge in [0.25, 0.3) is 5.91 Å². The van der Waals surface area contributed by atoms with Crippen molar-refractivity contribution >= 4 is 28.5 Å². The Labute approximate surface area is 141 Å². The summed E-state index contributed by atoms with van der Waals surface area (Å²) in [4.78, 5) is 14.8. The fraction of sp³-hybridized carbons (Fsp3) is 0.500. The zero-order chi connectivity index (χ0) is 16.2. The van der Waals surface area contributed by atoms with E-state index in [0.717, 1.165) is 30.6 Å². The van der Waals surface area contributed by atoms with E-state index in [1.807, 2.05) is 19.1 Å². The Hall–Kier alpha value is -1.52. The van der Waals surface area contributed by atoms with Gasteiger partial charge in [0.2, 0.25) is 0 Å². The van der Waals surface area contributed by atoms with Crippen LogP contribution in [0.3, 0.4) is 0 Å². The number of amides is 1. The number of hydrogen-bond acceptors (Lipinski definition) is 3. The molecule has 0 atom stereocenters. The Morgan fingerprint density at radius 1 is 1.26 bits per heavy atom. The maximum Gasteiger partial charge on any atom is 0.287 e. The standard InChI is InChI=1S/C18H23ClN2O2/c1-13-14-7-6-8-15(19)17(14)23-16(13)18(22)20-9-12-21-10-4-2-3-5-11-21/h6-8H,2-5,9-12H2,1H3,(H,20,22). The highest BCUT2D eigenvalue weighted by molar-refractivity contribution is 6.35. The van der Waals surface area contributed by atoms with Gasteiger partial charge in [-0.25, -0.2) is 0 Å². The number of carbonyl (C=O) groups excluding carboxylic acids is 1. The molecule has 124 valence electrons. The molecular formula is C18H23ClN2O2. The Balaban J connectivity index is 1.62. The number of furan rings is 1. The van der Waals surface area contributed by atoms with Gasteiger partial charge < -0.3 is 14.6 Å². The first-order chi connectivity index (χ1) is 11.2. The molecule has 1 N–H and O–H groups in total. The van der Waals surface area contributed by atoms with Crippen LogP contribution < -0.4 is 5.32 Å². The highest BCUT2D eigenvalue weighted by Gasteiger charge is 2.19. The zero-order valence-corrected chi connectivity index (χ0v) is 14.3. The van der Waals surface area contributed by atoms with Crippen LogP contribution in [0.4, 0.5) is 0 Å². The molecule has 1 saturated heterocycles. The van der Waals surface area contributed by atoms with Crippen LogP contribution >= 0.6 is 11.6 Å². The third-order valence-electron chi connectivity index (χ3n) is 4.53. The minimum atomic E-state index is -0.162. The smallest absolute Gasteiger partial charge is 0.287 e. The molecule has 1 aliphatic heterocycles. The molecule has 0 radical (unpaired) electrons. The van der Waals surface area contributed by atoms with Crippen molar-refractivity contribution in [1.82, 2.24) is 10.2 Å². The molecule has 1 aromatic heterocycles. The molecule has 2 heterocycles. The molecule has 1 amide bonds. The second-order valence-electron chi connectivity index (χ2n) is 6.18. The van der Waals surface area contributed by atoms with Crippen LogP contribution in [0.5, 0.6) is 0 Å². The average molecular weight is 335 g/mol. The van der Waals surface area contributed by atoms with Gasteiger partial charge in [-0.05, 0) is 38.9 Å². The lowest BCUT2D eigenvalue weighted by molar-refractivity contribution is 0.0922. The molecule has 0 bridgehead atoms. The number of nitrogens with one attached hydrogen (secondary N) is 1. The predicted octanol–water partition coefficient (Wildman–Crippen LogP) is 4.00. The fourth-order valence-electron chi connectivity index (χ4n) is 3.19. The van der Waals surface area contributed by atoms with Crippen LogP contribution in [-0.4, -0.2) is 37.0 Å². The summed E-state index contributed by atoms with van der Waals surface area (Å²) in [6.07, 6.45) is 5.16. The number of halogens is 1. The SMILES string of the molecule is Cc1c(C(=O)NCCN2CCCCCC2)oc2c(Cl)cccc12. The highest BCUT2D eigenvalue weighted by atomic mass is 35.5. The Bertz CT molecular complexity index is 688. The summed E-state index contributed by atoms with van der Waals surface area (Å²) >= 11 is 6.14. The summed E-state index contributed by atoms with van der Waals surface area (Å²) < 4.78 is 5.70. The van der Waals surface area contributed by atoms with Crippen LogP contribution in [0.25, 0.3) is 11.0 Å². The number of fused-ring (bicyclic) bond motifs is 1. The molecule has 0 unspecified atom stereocenters. The lowest BCUT2D eigenvalue weighted by atomic mass is 10.1. The summed E-state index contributed by atoms with van der Waals surface area (Å²) in [7, 11) is 0. The third-order valence-corrected chi connectivity index (χ3v) is 4.83. The molecule has 2 aromatic rings. The molecule has 1 aromatic carbocycles. The lowest BCUT2D eigenvalue weighted by Crippen LogP contribution is -2.35. The Morgan fingerprint density at radius 3 is 2.70 bits per heavy atom. The van der Waals surface area contributed by atoms with Gasteiger partial charge in [-0.2, -0.15) is 0 Å². The molecule has 0 saturated carbocycles. The quantitative estimate of drug-likeness (QED) is 0.919. The summed E-state index contributed by atoms with van der Waals surface area (Å²) in [5, 5.41) is 4.41. The maximum atomic E-state index is 12.4. The number of likely N-dealkylation sites (tertiary alicyclic amines) is 1. The highest BCUT2D eigenvalue weighted by Crippen LogP contribution is 2.30. The number of benzene rings is 1. The van der Waals surface area contributed by atoms with Crippen molar-refractivity contribution in [3.8, 4) is 0 Å². The molecule has 0 spiro atoms. The van der Waals surface area contributed by atoms with Crippen LogP contribution in [0.1, 0.15) is 41.8 Å². The number of rotatable bonds is 4. The minimum Gasteiger partial charge on any atom is -0.449 e. The van der Waals surface area contributed by atoms with Crippen molar-refractivity contribution in [2.24, 2.45) is 0 Å². The van der Waals surface area contributed by atoms with Crippen molar-refractivity contribution < 1.29 is 9.21 Å². The van der Waals surface area contributed by atoms with Crippen LogP contribution in [0.15, 0.2) is 22.6 Å². The fourth-order valence-corrected chi connectivity index (χ4v) is 3.41. The van der Waals surface area contributed by atoms with Gasteiger partial charge in [0, 0.05) is 24.0 Å². The maximum absolute atomic E-state index is 12.4. The van der Waals surface area contributed by atoms with Crippen molar-refractivity contribution in [1.29, 1.82) is 0 Å². The molecule has 1 fully saturated rings. The van der Waals surface area contributed by atoms with E-state index >= 15 is 0 Å². The van der Waals surface area contributed by atoms with Gasteiger partial charge >= 0.3 is 0 Å². The first-order valence-corrected chi connectivity index (χ1v) is 8.73. The van der Waals surface area contributed by atoms with Gasteiger partial charge in [-0.15, -0.1) is 0 Å². The van der Waals surface area contributed by atoms with E-state index in [1.54, 1.807) is 6.07 Å². The number of carbonyl (C=O) groups is 1. The summed E-state index contributed by atoms with van der Waals surface area (Å²) in [6, 6.07) is 5.57. The van der Waals surface area contributed by atoms with E-state index < -0.39 is 0 Å². The number of hydrogen-bond donors (Lipinski definition) is 1. The Morgan fingerprint density at radius 2 is 2.00 bits per heavy atom. The van der Waals surface area contributed by atoms with Crippen LogP contribution in [-0.2, 0) is 0 Å². The van der Waals surface area contributed by atoms with E-state index in [9.17, 15) is 4.79 Å². The average Bonchev–Trinajstić information content (AvgIpc) is 2.73. The van der Waals surface area contributed by atoms with Crippen molar-refractivity contribution in [2.75, 3.05) is 26.2 Å². The zero-order valence-electron chi connectivity index (χ0n) is 13.5. The van der Waals surface area contributed by atoms with Crippen molar-refractivity contribution in [3.05, 3.63) is 34.5 Å². The molecule has 0 aliphatic carbocycles. The largest absolute Gasteiger partial charge is 0.449 e. The van der Waals surface area contributed by atoms with E-state index in [-0.39, 0.29) is 5.91 Å². The van der Waals surface area contributed by atoms with E-state index in [0.29, 0.717) is 22.9 Å². The topological polar surface area (TPSA) is 45.5 Å². The Kier molecular flexibility index (Phi) is 5.23. The third kappa shape index (κ3) is 3.70. The van der Waals surface area contributed by atoms with Crippen LogP contribution in [0, 0.1) is 6.92 Å². The lowest BCUT2D eigenvalue weighted by Gasteiger charge is -2.19. The number of para-hydroxylation sites is 1. The molecule has 5 heteroatoms.